The molecule has 0 aliphatic carbocycles. The lowest BCUT2D eigenvalue weighted by Gasteiger charge is -2.32. The lowest BCUT2D eigenvalue weighted by atomic mass is 10.0. The van der Waals surface area contributed by atoms with Crippen molar-refractivity contribution < 1.29 is 0 Å². The van der Waals surface area contributed by atoms with Crippen molar-refractivity contribution in [3.63, 3.8) is 0 Å². The summed E-state index contributed by atoms with van der Waals surface area (Å²) in [6, 6.07) is 6.13. The first-order chi connectivity index (χ1) is 7.99. The van der Waals surface area contributed by atoms with Gasteiger partial charge in [-0.15, -0.1) is 0 Å². The number of hydrogen-bond acceptors (Lipinski definition) is 2. The zero-order valence-electron chi connectivity index (χ0n) is 10.9. The molecule has 1 aromatic carbocycles. The molecule has 1 aliphatic rings. The van der Waals surface area contributed by atoms with Crippen LogP contribution < -0.4 is 10.2 Å². The van der Waals surface area contributed by atoms with Crippen LogP contribution in [0.5, 0.6) is 0 Å². The third kappa shape index (κ3) is 2.93. The van der Waals surface area contributed by atoms with Crippen molar-refractivity contribution in [1.29, 1.82) is 0 Å². The quantitative estimate of drug-likeness (QED) is 0.826. The normalized spacial score (nSPS) is 20.1. The Hall–Kier alpha value is -0.730. The Labute approximate surface area is 109 Å². The molecule has 17 heavy (non-hydrogen) atoms. The minimum Gasteiger partial charge on any atom is -0.368 e. The smallest absolute Gasteiger partial charge is 0.0642 e. The van der Waals surface area contributed by atoms with E-state index in [0.29, 0.717) is 0 Å². The van der Waals surface area contributed by atoms with E-state index in [1.165, 1.54) is 11.3 Å². The Kier molecular flexibility index (Phi) is 3.64. The Balaban J connectivity index is 2.32. The van der Waals surface area contributed by atoms with Gasteiger partial charge < -0.3 is 10.2 Å². The first-order valence-corrected chi connectivity index (χ1v) is 6.62. The van der Waals surface area contributed by atoms with Gasteiger partial charge in [0.05, 0.1) is 10.7 Å². The number of benzene rings is 1. The fourth-order valence-electron chi connectivity index (χ4n) is 2.52. The van der Waals surface area contributed by atoms with Gasteiger partial charge >= 0.3 is 0 Å². The van der Waals surface area contributed by atoms with Crippen LogP contribution in [-0.4, -0.2) is 25.2 Å². The van der Waals surface area contributed by atoms with Gasteiger partial charge in [0.1, 0.15) is 0 Å². The fraction of sp³-hybridized carbons (Fsp3) is 0.571. The van der Waals surface area contributed by atoms with Gasteiger partial charge in [0, 0.05) is 18.6 Å². The van der Waals surface area contributed by atoms with Crippen molar-refractivity contribution in [3.8, 4) is 0 Å². The lowest BCUT2D eigenvalue weighted by molar-refractivity contribution is 0.416. The second-order valence-electron chi connectivity index (χ2n) is 5.49. The summed E-state index contributed by atoms with van der Waals surface area (Å²) < 4.78 is 0. The Morgan fingerprint density at radius 2 is 2.12 bits per heavy atom. The van der Waals surface area contributed by atoms with Crippen LogP contribution in [0.3, 0.4) is 0 Å². The van der Waals surface area contributed by atoms with E-state index in [-0.39, 0.29) is 5.54 Å². The van der Waals surface area contributed by atoms with Crippen LogP contribution in [0.1, 0.15) is 25.8 Å². The van der Waals surface area contributed by atoms with Crippen LogP contribution in [0.4, 0.5) is 5.69 Å². The summed E-state index contributed by atoms with van der Waals surface area (Å²) in [7, 11) is 0. The molecule has 0 aromatic heterocycles. The average molecular weight is 253 g/mol. The van der Waals surface area contributed by atoms with Gasteiger partial charge in [-0.3, -0.25) is 0 Å². The van der Waals surface area contributed by atoms with Crippen molar-refractivity contribution in [2.75, 3.05) is 24.5 Å². The van der Waals surface area contributed by atoms with Gasteiger partial charge in [0.25, 0.3) is 0 Å². The average Bonchev–Trinajstić information content (AvgIpc) is 2.39. The van der Waals surface area contributed by atoms with E-state index in [4.69, 9.17) is 11.6 Å². The standard InChI is InChI=1S/C14H21ClN2/c1-11-6-4-7-12(15)13(11)17-9-5-8-16-14(2,3)10-17/h4,6-7,16H,5,8-10H2,1-3H3. The third-order valence-corrected chi connectivity index (χ3v) is 3.60. The van der Waals surface area contributed by atoms with Gasteiger partial charge in [0.15, 0.2) is 0 Å². The van der Waals surface area contributed by atoms with E-state index in [0.717, 1.165) is 31.1 Å². The number of rotatable bonds is 1. The number of nitrogens with zero attached hydrogens (tertiary/aromatic N) is 1. The number of halogens is 1. The summed E-state index contributed by atoms with van der Waals surface area (Å²) >= 11 is 6.35. The topological polar surface area (TPSA) is 15.3 Å². The molecule has 3 heteroatoms. The van der Waals surface area contributed by atoms with E-state index >= 15 is 0 Å². The van der Waals surface area contributed by atoms with Crippen LogP contribution >= 0.6 is 11.6 Å². The van der Waals surface area contributed by atoms with E-state index in [2.05, 4.69) is 37.1 Å². The molecule has 2 rings (SSSR count). The van der Waals surface area contributed by atoms with Crippen LogP contribution in [0.15, 0.2) is 18.2 Å². The third-order valence-electron chi connectivity index (χ3n) is 3.30. The highest BCUT2D eigenvalue weighted by atomic mass is 35.5. The van der Waals surface area contributed by atoms with E-state index in [9.17, 15) is 0 Å². The van der Waals surface area contributed by atoms with Crippen LogP contribution in [0.2, 0.25) is 5.02 Å². The number of hydrogen-bond donors (Lipinski definition) is 1. The zero-order chi connectivity index (χ0) is 12.5. The summed E-state index contributed by atoms with van der Waals surface area (Å²) in [5.74, 6) is 0. The second-order valence-corrected chi connectivity index (χ2v) is 5.90. The molecule has 0 saturated carbocycles. The minimum atomic E-state index is 0.141. The highest BCUT2D eigenvalue weighted by Gasteiger charge is 2.25. The van der Waals surface area contributed by atoms with Crippen molar-refractivity contribution in [2.45, 2.75) is 32.7 Å². The predicted octanol–water partition coefficient (Wildman–Crippen LogP) is 3.23. The van der Waals surface area contributed by atoms with Crippen molar-refractivity contribution in [2.24, 2.45) is 0 Å². The highest BCUT2D eigenvalue weighted by molar-refractivity contribution is 6.33. The molecule has 0 spiro atoms. The molecule has 0 unspecified atom stereocenters. The second kappa shape index (κ2) is 4.87. The molecule has 1 fully saturated rings. The SMILES string of the molecule is Cc1cccc(Cl)c1N1CCCNC(C)(C)C1. The molecular formula is C14H21ClN2. The molecule has 0 bridgehead atoms. The highest BCUT2D eigenvalue weighted by Crippen LogP contribution is 2.31. The molecule has 94 valence electrons. The molecule has 1 saturated heterocycles. The molecule has 2 nitrogen and oxygen atoms in total. The van der Waals surface area contributed by atoms with E-state index in [1.807, 2.05) is 12.1 Å². The molecule has 1 heterocycles. The fourth-order valence-corrected chi connectivity index (χ4v) is 2.86. The van der Waals surface area contributed by atoms with Crippen molar-refractivity contribution in [1.82, 2.24) is 5.32 Å². The molecule has 1 aliphatic heterocycles. The minimum absolute atomic E-state index is 0.141. The number of anilines is 1. The largest absolute Gasteiger partial charge is 0.368 e. The maximum atomic E-state index is 6.35. The van der Waals surface area contributed by atoms with Gasteiger partial charge in [-0.2, -0.15) is 0 Å². The van der Waals surface area contributed by atoms with E-state index in [1.54, 1.807) is 0 Å². The van der Waals surface area contributed by atoms with Gasteiger partial charge in [-0.1, -0.05) is 23.7 Å². The van der Waals surface area contributed by atoms with Crippen LogP contribution in [0.25, 0.3) is 0 Å². The summed E-state index contributed by atoms with van der Waals surface area (Å²) in [5.41, 5.74) is 2.60. The number of aryl methyl sites for hydroxylation is 1. The van der Waals surface area contributed by atoms with Gasteiger partial charge in [-0.25, -0.2) is 0 Å². The molecule has 0 amide bonds. The van der Waals surface area contributed by atoms with Crippen molar-refractivity contribution in [3.05, 3.63) is 28.8 Å². The summed E-state index contributed by atoms with van der Waals surface area (Å²) in [5, 5.41) is 4.44. The first-order valence-electron chi connectivity index (χ1n) is 6.25. The summed E-state index contributed by atoms with van der Waals surface area (Å²) in [6.45, 7) is 9.77. The first kappa shape index (κ1) is 12.7. The maximum Gasteiger partial charge on any atom is 0.0642 e. The molecule has 1 N–H and O–H groups in total. The van der Waals surface area contributed by atoms with Gasteiger partial charge in [0.2, 0.25) is 0 Å². The number of para-hydroxylation sites is 1. The van der Waals surface area contributed by atoms with Crippen LogP contribution in [-0.2, 0) is 0 Å². The van der Waals surface area contributed by atoms with Gasteiger partial charge in [-0.05, 0) is 45.4 Å². The monoisotopic (exact) mass is 252 g/mol. The molecule has 1 aromatic rings. The predicted molar refractivity (Wildman–Crippen MR) is 75.1 cm³/mol. The molecular weight excluding hydrogens is 232 g/mol. The Bertz CT molecular complexity index is 381. The van der Waals surface area contributed by atoms with E-state index < -0.39 is 0 Å². The molecule has 0 radical (unpaired) electrons. The molecule has 0 atom stereocenters. The summed E-state index contributed by atoms with van der Waals surface area (Å²) in [4.78, 5) is 2.41. The summed E-state index contributed by atoms with van der Waals surface area (Å²) in [6.07, 6.45) is 1.16. The Morgan fingerprint density at radius 1 is 1.35 bits per heavy atom. The zero-order valence-corrected chi connectivity index (χ0v) is 11.6. The van der Waals surface area contributed by atoms with Crippen molar-refractivity contribution >= 4 is 17.3 Å². The maximum absolute atomic E-state index is 6.35. The van der Waals surface area contributed by atoms with Crippen LogP contribution in [0, 0.1) is 6.92 Å². The number of nitrogens with one attached hydrogen (secondary N) is 1. The Morgan fingerprint density at radius 3 is 2.82 bits per heavy atom. The lowest BCUT2D eigenvalue weighted by Crippen LogP contribution is -2.46.